The second-order valence-corrected chi connectivity index (χ2v) is 3.08. The lowest BCUT2D eigenvalue weighted by atomic mass is 9.89. The van der Waals surface area contributed by atoms with Gasteiger partial charge in [0, 0.05) is 7.05 Å². The molecule has 4 heteroatoms. The molecule has 2 atom stereocenters. The second kappa shape index (κ2) is 2.69. The van der Waals surface area contributed by atoms with Gasteiger partial charge in [0.25, 0.3) is 0 Å². The number of ketones is 1. The van der Waals surface area contributed by atoms with E-state index in [-0.39, 0.29) is 5.78 Å². The lowest BCUT2D eigenvalue weighted by Crippen LogP contribution is -2.51. The monoisotopic (exact) mass is 169 g/mol. The molecule has 1 aliphatic rings. The van der Waals surface area contributed by atoms with Gasteiger partial charge in [0.1, 0.15) is 0 Å². The van der Waals surface area contributed by atoms with Gasteiger partial charge in [-0.1, -0.05) is 0 Å². The van der Waals surface area contributed by atoms with Crippen LogP contribution in [-0.2, 0) is 14.4 Å². The van der Waals surface area contributed by atoms with E-state index in [9.17, 15) is 14.4 Å². The van der Waals surface area contributed by atoms with Crippen LogP contribution in [0.2, 0.25) is 0 Å². The van der Waals surface area contributed by atoms with Crippen molar-refractivity contribution in [2.45, 2.75) is 13.8 Å². The molecule has 0 N–H and O–H groups in total. The Morgan fingerprint density at radius 1 is 1.00 bits per heavy atom. The van der Waals surface area contributed by atoms with Gasteiger partial charge < -0.3 is 0 Å². The van der Waals surface area contributed by atoms with E-state index in [1.165, 1.54) is 20.9 Å². The predicted molar refractivity (Wildman–Crippen MR) is 41.1 cm³/mol. The number of amides is 2. The first kappa shape index (κ1) is 8.90. The van der Waals surface area contributed by atoms with Gasteiger partial charge in [-0.3, -0.25) is 19.3 Å². The zero-order chi connectivity index (χ0) is 9.46. The van der Waals surface area contributed by atoms with Gasteiger partial charge in [0.05, 0.1) is 11.8 Å². The fourth-order valence-electron chi connectivity index (χ4n) is 1.31. The van der Waals surface area contributed by atoms with E-state index in [2.05, 4.69) is 0 Å². The van der Waals surface area contributed by atoms with Crippen molar-refractivity contribution in [2.24, 2.45) is 11.8 Å². The van der Waals surface area contributed by atoms with Crippen LogP contribution in [0.25, 0.3) is 0 Å². The Balaban J connectivity index is 2.99. The molecule has 0 aliphatic carbocycles. The number of hydrogen-bond acceptors (Lipinski definition) is 3. The van der Waals surface area contributed by atoms with E-state index in [4.69, 9.17) is 0 Å². The van der Waals surface area contributed by atoms with Crippen LogP contribution >= 0.6 is 0 Å². The number of Topliss-reactive ketones (excluding diaryl/α,β-unsaturated/α-hetero) is 1. The normalized spacial score (nSPS) is 31.2. The third-order valence-electron chi connectivity index (χ3n) is 2.26. The summed E-state index contributed by atoms with van der Waals surface area (Å²) in [5.74, 6) is -2.40. The summed E-state index contributed by atoms with van der Waals surface area (Å²) in [5, 5.41) is 0. The summed E-state index contributed by atoms with van der Waals surface area (Å²) in [6.45, 7) is 3.06. The molecule has 0 spiro atoms. The Kier molecular flexibility index (Phi) is 2.00. The fourth-order valence-corrected chi connectivity index (χ4v) is 1.31. The topological polar surface area (TPSA) is 54.5 Å². The van der Waals surface area contributed by atoms with Gasteiger partial charge in [-0.2, -0.15) is 0 Å². The minimum absolute atomic E-state index is 0.275. The molecule has 0 aromatic heterocycles. The fraction of sp³-hybridized carbons (Fsp3) is 0.625. The maximum Gasteiger partial charge on any atom is 0.239 e. The van der Waals surface area contributed by atoms with Crippen LogP contribution in [0.1, 0.15) is 13.8 Å². The second-order valence-electron chi connectivity index (χ2n) is 3.08. The molecule has 0 aromatic carbocycles. The summed E-state index contributed by atoms with van der Waals surface area (Å²) >= 11 is 0. The lowest BCUT2D eigenvalue weighted by molar-refractivity contribution is -0.157. The van der Waals surface area contributed by atoms with Crippen molar-refractivity contribution in [3.05, 3.63) is 0 Å². The van der Waals surface area contributed by atoms with Crippen molar-refractivity contribution in [1.29, 1.82) is 0 Å². The molecule has 4 nitrogen and oxygen atoms in total. The first-order chi connectivity index (χ1) is 5.46. The minimum Gasteiger partial charge on any atom is -0.298 e. The highest BCUT2D eigenvalue weighted by atomic mass is 16.2. The molecular formula is C8H11NO3. The molecule has 12 heavy (non-hydrogen) atoms. The molecule has 1 rings (SSSR count). The Labute approximate surface area is 70.5 Å². The van der Waals surface area contributed by atoms with E-state index in [0.29, 0.717) is 0 Å². The molecule has 1 saturated heterocycles. The number of carbonyl (C=O) groups excluding carboxylic acids is 3. The van der Waals surface area contributed by atoms with E-state index in [0.717, 1.165) is 4.90 Å². The highest BCUT2D eigenvalue weighted by Gasteiger charge is 2.40. The average molecular weight is 169 g/mol. The molecule has 0 aromatic rings. The smallest absolute Gasteiger partial charge is 0.239 e. The average Bonchev–Trinajstić information content (AvgIpc) is 2.08. The molecule has 1 aliphatic heterocycles. The highest BCUT2D eigenvalue weighted by molar-refractivity contribution is 6.19. The molecular weight excluding hydrogens is 158 g/mol. The van der Waals surface area contributed by atoms with Crippen LogP contribution in [0.3, 0.4) is 0 Å². The number of carbonyl (C=O) groups is 3. The Morgan fingerprint density at radius 2 is 1.33 bits per heavy atom. The van der Waals surface area contributed by atoms with Gasteiger partial charge in [-0.05, 0) is 13.8 Å². The zero-order valence-electron chi connectivity index (χ0n) is 7.33. The first-order valence-electron chi connectivity index (χ1n) is 3.82. The number of hydrogen-bond donors (Lipinski definition) is 0. The SMILES string of the molecule is C[C@@H]1C(=O)[C@H](C)C(=O)N(C)C1=O. The molecule has 66 valence electrons. The van der Waals surface area contributed by atoms with Crippen molar-refractivity contribution in [3.63, 3.8) is 0 Å². The van der Waals surface area contributed by atoms with E-state index >= 15 is 0 Å². The zero-order valence-corrected chi connectivity index (χ0v) is 7.33. The quantitative estimate of drug-likeness (QED) is 0.373. The molecule has 0 bridgehead atoms. The largest absolute Gasteiger partial charge is 0.298 e. The van der Waals surface area contributed by atoms with Gasteiger partial charge in [-0.15, -0.1) is 0 Å². The first-order valence-corrected chi connectivity index (χ1v) is 3.82. The van der Waals surface area contributed by atoms with Gasteiger partial charge in [0.2, 0.25) is 11.8 Å². The summed E-state index contributed by atoms with van der Waals surface area (Å²) in [6.07, 6.45) is 0. The number of piperidine rings is 1. The van der Waals surface area contributed by atoms with Crippen LogP contribution in [0, 0.1) is 11.8 Å². The number of likely N-dealkylation sites (tertiary alicyclic amines) is 1. The summed E-state index contributed by atoms with van der Waals surface area (Å²) in [6, 6.07) is 0. The minimum atomic E-state index is -0.664. The van der Waals surface area contributed by atoms with Crippen molar-refractivity contribution in [1.82, 2.24) is 4.90 Å². The van der Waals surface area contributed by atoms with Crippen molar-refractivity contribution in [3.8, 4) is 0 Å². The number of nitrogens with zero attached hydrogens (tertiary/aromatic N) is 1. The summed E-state index contributed by atoms with van der Waals surface area (Å²) < 4.78 is 0. The summed E-state index contributed by atoms with van der Waals surface area (Å²) in [4.78, 5) is 34.6. The third kappa shape index (κ3) is 1.03. The molecule has 0 radical (unpaired) electrons. The van der Waals surface area contributed by atoms with E-state index in [1.54, 1.807) is 0 Å². The van der Waals surface area contributed by atoms with Crippen molar-refractivity contribution >= 4 is 17.6 Å². The van der Waals surface area contributed by atoms with Gasteiger partial charge in [-0.25, -0.2) is 0 Å². The summed E-state index contributed by atoms with van der Waals surface area (Å²) in [5.41, 5.74) is 0. The highest BCUT2D eigenvalue weighted by Crippen LogP contribution is 2.18. The van der Waals surface area contributed by atoms with Crippen LogP contribution in [0.15, 0.2) is 0 Å². The predicted octanol–water partition coefficient (Wildman–Crippen LogP) is -0.174. The Bertz CT molecular complexity index is 198. The molecule has 0 unspecified atom stereocenters. The molecule has 1 heterocycles. The number of rotatable bonds is 0. The van der Waals surface area contributed by atoms with E-state index < -0.39 is 23.7 Å². The Hall–Kier alpha value is -1.19. The molecule has 0 saturated carbocycles. The van der Waals surface area contributed by atoms with Crippen LogP contribution < -0.4 is 0 Å². The van der Waals surface area contributed by atoms with Crippen LogP contribution in [0.4, 0.5) is 0 Å². The van der Waals surface area contributed by atoms with Crippen LogP contribution in [-0.4, -0.2) is 29.5 Å². The number of imide groups is 1. The van der Waals surface area contributed by atoms with Crippen molar-refractivity contribution < 1.29 is 14.4 Å². The van der Waals surface area contributed by atoms with Gasteiger partial charge in [0.15, 0.2) is 5.78 Å². The summed E-state index contributed by atoms with van der Waals surface area (Å²) in [7, 11) is 1.41. The third-order valence-corrected chi connectivity index (χ3v) is 2.26. The van der Waals surface area contributed by atoms with Gasteiger partial charge >= 0.3 is 0 Å². The van der Waals surface area contributed by atoms with Crippen molar-refractivity contribution in [2.75, 3.05) is 7.05 Å². The van der Waals surface area contributed by atoms with Crippen LogP contribution in [0.5, 0.6) is 0 Å². The maximum absolute atomic E-state index is 11.2. The molecule has 2 amide bonds. The van der Waals surface area contributed by atoms with E-state index in [1.807, 2.05) is 0 Å². The standard InChI is InChI=1S/C8H11NO3/c1-4-6(10)5(2)8(12)9(3)7(4)11/h4-5H,1-3H3/t4-,5+. The Morgan fingerprint density at radius 3 is 1.67 bits per heavy atom. The molecule has 1 fully saturated rings. The lowest BCUT2D eigenvalue weighted by Gasteiger charge is -2.28. The maximum atomic E-state index is 11.2.